The molecule has 1 aromatic heterocycles. The molecule has 0 amide bonds. The molecule has 0 aliphatic carbocycles. The molecular formula is C12H16N2O. The molecule has 3 nitrogen and oxygen atoms in total. The SMILES string of the molecule is c1cncc(OC23CCCN(CC2)C3)c1. The molecule has 2 bridgehead atoms. The number of piperidine rings is 1. The van der Waals surface area contributed by atoms with Crippen LogP contribution in [0.4, 0.5) is 0 Å². The molecule has 3 rings (SSSR count). The molecule has 2 fully saturated rings. The molecule has 2 saturated heterocycles. The van der Waals surface area contributed by atoms with Crippen LogP contribution in [0, 0.1) is 0 Å². The van der Waals surface area contributed by atoms with E-state index in [4.69, 9.17) is 4.74 Å². The molecule has 0 saturated carbocycles. The minimum absolute atomic E-state index is 0.0846. The maximum absolute atomic E-state index is 6.13. The zero-order valence-corrected chi connectivity index (χ0v) is 8.85. The third kappa shape index (κ3) is 1.72. The first-order valence-corrected chi connectivity index (χ1v) is 5.68. The van der Waals surface area contributed by atoms with Crippen molar-refractivity contribution in [1.82, 2.24) is 9.88 Å². The highest BCUT2D eigenvalue weighted by atomic mass is 16.5. The van der Waals surface area contributed by atoms with Gasteiger partial charge in [0.1, 0.15) is 11.4 Å². The van der Waals surface area contributed by atoms with Crippen LogP contribution in [-0.4, -0.2) is 35.1 Å². The fourth-order valence-corrected chi connectivity index (χ4v) is 2.74. The third-order valence-electron chi connectivity index (χ3n) is 3.47. The first-order valence-electron chi connectivity index (χ1n) is 5.68. The van der Waals surface area contributed by atoms with Gasteiger partial charge in [-0.25, -0.2) is 0 Å². The van der Waals surface area contributed by atoms with Gasteiger partial charge in [0.25, 0.3) is 0 Å². The van der Waals surface area contributed by atoms with Crippen LogP contribution >= 0.6 is 0 Å². The molecule has 2 aliphatic rings. The number of fused-ring (bicyclic) bond motifs is 2. The molecule has 2 atom stereocenters. The van der Waals surface area contributed by atoms with E-state index < -0.39 is 0 Å². The third-order valence-corrected chi connectivity index (χ3v) is 3.47. The molecule has 3 heteroatoms. The maximum Gasteiger partial charge on any atom is 0.138 e. The quantitative estimate of drug-likeness (QED) is 0.733. The Morgan fingerprint density at radius 2 is 2.33 bits per heavy atom. The molecule has 0 radical (unpaired) electrons. The second kappa shape index (κ2) is 3.49. The Labute approximate surface area is 90.1 Å². The van der Waals surface area contributed by atoms with Crippen molar-refractivity contribution >= 4 is 0 Å². The molecule has 0 spiro atoms. The molecule has 2 aliphatic heterocycles. The Balaban J connectivity index is 1.77. The van der Waals surface area contributed by atoms with E-state index in [9.17, 15) is 0 Å². The molecule has 1 aromatic rings. The monoisotopic (exact) mass is 204 g/mol. The maximum atomic E-state index is 6.13. The lowest BCUT2D eigenvalue weighted by Crippen LogP contribution is -2.43. The molecular weight excluding hydrogens is 188 g/mol. The van der Waals surface area contributed by atoms with Crippen LogP contribution in [0.1, 0.15) is 19.3 Å². The molecule has 80 valence electrons. The summed E-state index contributed by atoms with van der Waals surface area (Å²) in [7, 11) is 0. The van der Waals surface area contributed by atoms with Crippen LogP contribution in [0.25, 0.3) is 0 Å². The minimum Gasteiger partial charge on any atom is -0.484 e. The number of hydrogen-bond acceptors (Lipinski definition) is 3. The van der Waals surface area contributed by atoms with Crippen LogP contribution in [-0.2, 0) is 0 Å². The zero-order chi connectivity index (χ0) is 10.1. The first kappa shape index (κ1) is 9.16. The number of rotatable bonds is 2. The summed E-state index contributed by atoms with van der Waals surface area (Å²) in [5, 5.41) is 0. The topological polar surface area (TPSA) is 25.4 Å². The zero-order valence-electron chi connectivity index (χ0n) is 8.85. The van der Waals surface area contributed by atoms with E-state index in [2.05, 4.69) is 9.88 Å². The van der Waals surface area contributed by atoms with Crippen molar-refractivity contribution in [2.75, 3.05) is 19.6 Å². The van der Waals surface area contributed by atoms with E-state index in [1.165, 1.54) is 32.4 Å². The lowest BCUT2D eigenvalue weighted by Gasteiger charge is -2.34. The largest absolute Gasteiger partial charge is 0.484 e. The number of nitrogens with zero attached hydrogens (tertiary/aromatic N) is 2. The van der Waals surface area contributed by atoms with E-state index in [-0.39, 0.29) is 5.60 Å². The Kier molecular flexibility index (Phi) is 2.13. The van der Waals surface area contributed by atoms with Crippen LogP contribution in [0.5, 0.6) is 5.75 Å². The van der Waals surface area contributed by atoms with Gasteiger partial charge in [-0.3, -0.25) is 9.88 Å². The van der Waals surface area contributed by atoms with Gasteiger partial charge in [-0.1, -0.05) is 0 Å². The van der Waals surface area contributed by atoms with E-state index in [0.717, 1.165) is 12.3 Å². The average molecular weight is 204 g/mol. The van der Waals surface area contributed by atoms with Gasteiger partial charge in [0.05, 0.1) is 6.20 Å². The lowest BCUT2D eigenvalue weighted by atomic mass is 9.94. The molecule has 0 aromatic carbocycles. The van der Waals surface area contributed by atoms with E-state index in [0.29, 0.717) is 0 Å². The summed E-state index contributed by atoms with van der Waals surface area (Å²) < 4.78 is 6.13. The van der Waals surface area contributed by atoms with Gasteiger partial charge < -0.3 is 4.74 Å². The van der Waals surface area contributed by atoms with Crippen LogP contribution < -0.4 is 4.74 Å². The Morgan fingerprint density at radius 3 is 3.20 bits per heavy atom. The van der Waals surface area contributed by atoms with Crippen molar-refractivity contribution in [3.05, 3.63) is 24.5 Å². The fourth-order valence-electron chi connectivity index (χ4n) is 2.74. The van der Waals surface area contributed by atoms with Crippen LogP contribution in [0.3, 0.4) is 0 Å². The highest BCUT2D eigenvalue weighted by Crippen LogP contribution is 2.35. The van der Waals surface area contributed by atoms with Gasteiger partial charge in [0.15, 0.2) is 0 Å². The van der Waals surface area contributed by atoms with Gasteiger partial charge >= 0.3 is 0 Å². The minimum atomic E-state index is 0.0846. The first-order chi connectivity index (χ1) is 7.36. The fraction of sp³-hybridized carbons (Fsp3) is 0.583. The predicted octanol–water partition coefficient (Wildman–Crippen LogP) is 1.70. The number of pyridine rings is 1. The Hall–Kier alpha value is -1.09. The standard InChI is InChI=1S/C12H16N2O/c1-3-11(9-13-6-1)15-12-4-2-7-14(10-12)8-5-12/h1,3,6,9H,2,4-5,7-8,10H2. The molecule has 15 heavy (non-hydrogen) atoms. The predicted molar refractivity (Wildman–Crippen MR) is 57.9 cm³/mol. The summed E-state index contributed by atoms with van der Waals surface area (Å²) in [6.45, 7) is 3.54. The van der Waals surface area contributed by atoms with Gasteiger partial charge in [0, 0.05) is 25.7 Å². The Bertz CT molecular complexity index is 337. The van der Waals surface area contributed by atoms with Crippen LogP contribution in [0.2, 0.25) is 0 Å². The summed E-state index contributed by atoms with van der Waals surface area (Å²) in [5.41, 5.74) is 0.0846. The van der Waals surface area contributed by atoms with Gasteiger partial charge in [-0.2, -0.15) is 0 Å². The van der Waals surface area contributed by atoms with Crippen molar-refractivity contribution < 1.29 is 4.74 Å². The second-order valence-corrected chi connectivity index (χ2v) is 4.60. The van der Waals surface area contributed by atoms with E-state index >= 15 is 0 Å². The van der Waals surface area contributed by atoms with E-state index in [1.54, 1.807) is 6.20 Å². The van der Waals surface area contributed by atoms with Crippen molar-refractivity contribution in [2.45, 2.75) is 24.9 Å². The number of aromatic nitrogens is 1. The molecule has 3 heterocycles. The number of hydrogen-bond donors (Lipinski definition) is 0. The summed E-state index contributed by atoms with van der Waals surface area (Å²) in [4.78, 5) is 6.59. The smallest absolute Gasteiger partial charge is 0.138 e. The van der Waals surface area contributed by atoms with Crippen LogP contribution in [0.15, 0.2) is 24.5 Å². The van der Waals surface area contributed by atoms with E-state index in [1.807, 2.05) is 18.3 Å². The van der Waals surface area contributed by atoms with Crippen molar-refractivity contribution in [3.8, 4) is 5.75 Å². The normalized spacial score (nSPS) is 34.0. The summed E-state index contributed by atoms with van der Waals surface area (Å²) in [5.74, 6) is 0.918. The molecule has 2 unspecified atom stereocenters. The van der Waals surface area contributed by atoms with Gasteiger partial charge in [-0.15, -0.1) is 0 Å². The second-order valence-electron chi connectivity index (χ2n) is 4.60. The molecule has 0 N–H and O–H groups in total. The average Bonchev–Trinajstić information content (AvgIpc) is 2.55. The summed E-state index contributed by atoms with van der Waals surface area (Å²) >= 11 is 0. The summed E-state index contributed by atoms with van der Waals surface area (Å²) in [6, 6.07) is 3.93. The highest BCUT2D eigenvalue weighted by Gasteiger charge is 2.42. The Morgan fingerprint density at radius 1 is 1.33 bits per heavy atom. The number of ether oxygens (including phenoxy) is 1. The van der Waals surface area contributed by atoms with Crippen molar-refractivity contribution in [3.63, 3.8) is 0 Å². The summed E-state index contributed by atoms with van der Waals surface area (Å²) in [6.07, 6.45) is 7.22. The highest BCUT2D eigenvalue weighted by molar-refractivity contribution is 5.18. The van der Waals surface area contributed by atoms with Crippen molar-refractivity contribution in [1.29, 1.82) is 0 Å². The van der Waals surface area contributed by atoms with Gasteiger partial charge in [-0.05, 0) is 31.5 Å². The van der Waals surface area contributed by atoms with Crippen molar-refractivity contribution in [2.24, 2.45) is 0 Å². The van der Waals surface area contributed by atoms with Gasteiger partial charge in [0.2, 0.25) is 0 Å². The lowest BCUT2D eigenvalue weighted by molar-refractivity contribution is 0.0449.